The molecule has 4 N–H and O–H groups in total. The fourth-order valence-electron chi connectivity index (χ4n) is 4.43. The van der Waals surface area contributed by atoms with Gasteiger partial charge in [-0.2, -0.15) is 0 Å². The number of carbonyl (C=O) groups is 4. The number of ether oxygens (including phenoxy) is 3. The number of amides is 4. The van der Waals surface area contributed by atoms with E-state index in [0.29, 0.717) is 35.8 Å². The number of nitrogens with one attached hydrogen (secondary N) is 4. The smallest absolute Gasteiger partial charge is 0.315 e. The van der Waals surface area contributed by atoms with Crippen molar-refractivity contribution in [3.63, 3.8) is 0 Å². The largest absolute Gasteiger partial charge is 0.496 e. The van der Waals surface area contributed by atoms with Gasteiger partial charge in [-0.1, -0.05) is 51.1 Å². The maximum absolute atomic E-state index is 13.5. The Labute approximate surface area is 244 Å². The Morgan fingerprint density at radius 1 is 0.902 bits per heavy atom. The fourth-order valence-corrected chi connectivity index (χ4v) is 5.61. The molecule has 1 unspecified atom stereocenters. The van der Waals surface area contributed by atoms with Gasteiger partial charge < -0.3 is 35.5 Å². The highest BCUT2D eigenvalue weighted by molar-refractivity contribution is 6.39. The van der Waals surface area contributed by atoms with Gasteiger partial charge in [0.2, 0.25) is 11.7 Å². The average molecular weight is 587 g/mol. The van der Waals surface area contributed by atoms with E-state index in [4.69, 9.17) is 14.2 Å². The molecule has 41 heavy (non-hydrogen) atoms. The number of methoxy groups -OCH3 is 3. The van der Waals surface area contributed by atoms with Crippen molar-refractivity contribution >= 4 is 33.9 Å². The van der Waals surface area contributed by atoms with Gasteiger partial charge in [-0.3, -0.25) is 14.4 Å². The van der Waals surface area contributed by atoms with Crippen LogP contribution in [0.2, 0.25) is 0 Å². The molecule has 2 rings (SSSR count). The van der Waals surface area contributed by atoms with Crippen molar-refractivity contribution in [2.24, 2.45) is 5.92 Å². The molecule has 2 atom stereocenters. The third-order valence-corrected chi connectivity index (χ3v) is 7.61. The minimum atomic E-state index is -1.19. The van der Waals surface area contributed by atoms with E-state index in [0.717, 1.165) is 5.56 Å². The lowest BCUT2D eigenvalue weighted by molar-refractivity contribution is -0.140. The third-order valence-electron chi connectivity index (χ3n) is 6.50. The molecule has 0 aliphatic carbocycles. The zero-order chi connectivity index (χ0) is 30.6. The summed E-state index contributed by atoms with van der Waals surface area (Å²) in [6, 6.07) is 11.1. The molecule has 0 fully saturated rings. The second-order valence-electron chi connectivity index (χ2n) is 10.2. The van der Waals surface area contributed by atoms with Gasteiger partial charge in [0.15, 0.2) is 0 Å². The molecular weight excluding hydrogens is 544 g/mol. The van der Waals surface area contributed by atoms with Crippen LogP contribution in [0.25, 0.3) is 0 Å². The molecule has 4 amide bonds. The van der Waals surface area contributed by atoms with Crippen molar-refractivity contribution < 1.29 is 33.4 Å². The molecule has 0 radical (unpaired) electrons. The summed E-state index contributed by atoms with van der Waals surface area (Å²) in [4.78, 5) is 52.1. The molecule has 0 saturated carbocycles. The fraction of sp³-hybridized carbons (Fsp3) is 0.448. The minimum absolute atomic E-state index is 0.0492. The maximum Gasteiger partial charge on any atom is 0.315 e. The molecule has 224 valence electrons. The number of carbonyl (C=O) groups excluding carboxylic acids is 4. The first-order valence-electron chi connectivity index (χ1n) is 13.5. The Balaban J connectivity index is 2.10. The molecule has 0 aliphatic heterocycles. The number of hydrogen-bond donors (Lipinski definition) is 4. The lowest BCUT2D eigenvalue weighted by atomic mass is 10.0. The number of benzene rings is 2. The van der Waals surface area contributed by atoms with Crippen molar-refractivity contribution in [2.45, 2.75) is 57.9 Å². The standard InChI is InChI=1S/C29H42N4O7Si/c1-7-22(25(34)26(35)30-17-21-23(39-5)13-20(38-4)14-24(21)40-6)32-27(36)29(41,15-18(2)3)33-28(37)31-16-19-11-9-8-10-12-19/h8-14,18,22H,7,15-17H2,1-6,41H3,(H,30,35)(H,32,36)(H2,31,33,37)/t22?,29-/m0/s1. The third kappa shape index (κ3) is 9.52. The Hall–Kier alpha value is -4.06. The second-order valence-corrected chi connectivity index (χ2v) is 11.9. The van der Waals surface area contributed by atoms with E-state index in [9.17, 15) is 19.2 Å². The Kier molecular flexibility index (Phi) is 12.7. The van der Waals surface area contributed by atoms with Crippen LogP contribution in [0, 0.1) is 5.92 Å². The SMILES string of the molecule is CCC(NC(=O)[C@@]([SiH3])(CC(C)C)NC(=O)NCc1ccccc1)C(=O)C(=O)NCc1c(OC)cc(OC)cc1OC. The topological polar surface area (TPSA) is 144 Å². The first-order chi connectivity index (χ1) is 19.5. The number of Topliss-reactive ketones (excluding diaryl/α,β-unsaturated/α-hetero) is 1. The highest BCUT2D eigenvalue weighted by Gasteiger charge is 2.38. The van der Waals surface area contributed by atoms with Crippen LogP contribution >= 0.6 is 0 Å². The molecule has 11 nitrogen and oxygen atoms in total. The van der Waals surface area contributed by atoms with Gasteiger partial charge in [0, 0.05) is 28.9 Å². The quantitative estimate of drug-likeness (QED) is 0.182. The Bertz CT molecular complexity index is 1180. The lowest BCUT2D eigenvalue weighted by Crippen LogP contribution is -2.64. The van der Waals surface area contributed by atoms with Gasteiger partial charge in [-0.05, 0) is 24.3 Å². The monoisotopic (exact) mass is 586 g/mol. The van der Waals surface area contributed by atoms with Gasteiger partial charge in [-0.25, -0.2) is 4.79 Å². The van der Waals surface area contributed by atoms with Crippen LogP contribution in [-0.4, -0.2) is 66.4 Å². The normalized spacial score (nSPS) is 13.0. The Morgan fingerprint density at radius 3 is 2.02 bits per heavy atom. The van der Waals surface area contributed by atoms with E-state index in [1.165, 1.54) is 21.3 Å². The van der Waals surface area contributed by atoms with Crippen LogP contribution in [-0.2, 0) is 27.5 Å². The number of hydrogen-bond acceptors (Lipinski definition) is 7. The molecule has 12 heteroatoms. The number of ketones is 1. The molecule has 0 spiro atoms. The summed E-state index contributed by atoms with van der Waals surface area (Å²) in [5.41, 5.74) is 1.44. The van der Waals surface area contributed by atoms with Crippen molar-refractivity contribution in [1.29, 1.82) is 0 Å². The van der Waals surface area contributed by atoms with E-state index in [2.05, 4.69) is 21.3 Å². The van der Waals surface area contributed by atoms with E-state index in [1.807, 2.05) is 44.2 Å². The van der Waals surface area contributed by atoms with Crippen molar-refractivity contribution in [1.82, 2.24) is 21.3 Å². The minimum Gasteiger partial charge on any atom is -0.496 e. The summed E-state index contributed by atoms with van der Waals surface area (Å²) in [5.74, 6) is -0.738. The van der Waals surface area contributed by atoms with E-state index >= 15 is 0 Å². The summed E-state index contributed by atoms with van der Waals surface area (Å²) in [7, 11) is 4.73. The Morgan fingerprint density at radius 2 is 1.51 bits per heavy atom. The highest BCUT2D eigenvalue weighted by Crippen LogP contribution is 2.33. The van der Waals surface area contributed by atoms with E-state index < -0.39 is 34.8 Å². The first kappa shape index (κ1) is 33.1. The van der Waals surface area contributed by atoms with Crippen LogP contribution in [0.4, 0.5) is 4.79 Å². The van der Waals surface area contributed by atoms with Gasteiger partial charge in [-0.15, -0.1) is 0 Å². The predicted octanol–water partition coefficient (Wildman–Crippen LogP) is 1.40. The summed E-state index contributed by atoms with van der Waals surface area (Å²) >= 11 is 0. The van der Waals surface area contributed by atoms with Crippen molar-refractivity contribution in [3.8, 4) is 17.2 Å². The van der Waals surface area contributed by atoms with Crippen molar-refractivity contribution in [2.75, 3.05) is 21.3 Å². The maximum atomic E-state index is 13.5. The molecule has 0 bridgehead atoms. The average Bonchev–Trinajstić information content (AvgIpc) is 2.96. The van der Waals surface area contributed by atoms with Gasteiger partial charge in [0.25, 0.3) is 5.91 Å². The van der Waals surface area contributed by atoms with Crippen LogP contribution in [0.5, 0.6) is 17.2 Å². The summed E-state index contributed by atoms with van der Waals surface area (Å²) < 4.78 is 16.0. The summed E-state index contributed by atoms with van der Waals surface area (Å²) in [6.45, 7) is 5.84. The zero-order valence-electron chi connectivity index (χ0n) is 24.9. The van der Waals surface area contributed by atoms with Gasteiger partial charge in [0.05, 0.1) is 44.6 Å². The highest BCUT2D eigenvalue weighted by atomic mass is 28.1. The van der Waals surface area contributed by atoms with Crippen LogP contribution in [0.3, 0.4) is 0 Å². The lowest BCUT2D eigenvalue weighted by Gasteiger charge is -2.33. The predicted molar refractivity (Wildman–Crippen MR) is 159 cm³/mol. The van der Waals surface area contributed by atoms with Gasteiger partial charge in [0.1, 0.15) is 17.2 Å². The number of urea groups is 1. The molecule has 0 aromatic heterocycles. The zero-order valence-corrected chi connectivity index (χ0v) is 26.9. The van der Waals surface area contributed by atoms with Crippen molar-refractivity contribution in [3.05, 3.63) is 53.6 Å². The van der Waals surface area contributed by atoms with Crippen LogP contribution < -0.4 is 35.5 Å². The van der Waals surface area contributed by atoms with Crippen LogP contribution in [0.15, 0.2) is 42.5 Å². The second kappa shape index (κ2) is 15.7. The van der Waals surface area contributed by atoms with E-state index in [1.54, 1.807) is 19.1 Å². The first-order valence-corrected chi connectivity index (χ1v) is 14.5. The molecule has 0 saturated heterocycles. The summed E-state index contributed by atoms with van der Waals surface area (Å²) in [6.07, 6.45) is 0.560. The van der Waals surface area contributed by atoms with Crippen LogP contribution in [0.1, 0.15) is 44.7 Å². The summed E-state index contributed by atoms with van der Waals surface area (Å²) in [5, 5.41) is 9.72. The molecule has 2 aromatic rings. The van der Waals surface area contributed by atoms with E-state index in [-0.39, 0.29) is 29.1 Å². The molecule has 0 aliphatic rings. The molecule has 0 heterocycles. The number of rotatable bonds is 15. The molecule has 2 aromatic carbocycles. The molecular formula is C29H42N4O7Si. The van der Waals surface area contributed by atoms with Gasteiger partial charge >= 0.3 is 6.03 Å².